The second-order valence-corrected chi connectivity index (χ2v) is 2.91. The summed E-state index contributed by atoms with van der Waals surface area (Å²) in [5.41, 5.74) is 0. The Morgan fingerprint density at radius 2 is 1.67 bits per heavy atom. The first kappa shape index (κ1) is 21.1. The van der Waals surface area contributed by atoms with E-state index in [4.69, 9.17) is 0 Å². The number of rotatable bonds is 0. The molecule has 0 spiro atoms. The molecule has 0 rings (SSSR count). The number of hydrogen-bond acceptors (Lipinski definition) is 5. The number of carbonyl (C=O) groups is 2. The predicted molar refractivity (Wildman–Crippen MR) is 43.3 cm³/mol. The molecule has 0 saturated heterocycles. The molecule has 74 valence electrons. The molecule has 2 amide bonds. The summed E-state index contributed by atoms with van der Waals surface area (Å²) in [5, 5.41) is 20.7. The van der Waals surface area contributed by atoms with Gasteiger partial charge in [-0.1, -0.05) is 0 Å². The molecule has 0 atom stereocenters. The number of thioether (sulfide) groups is 1. The Morgan fingerprint density at radius 1 is 1.27 bits per heavy atom. The van der Waals surface area contributed by atoms with E-state index in [0.717, 1.165) is 11.8 Å². The number of amidine groups is 1. The molecule has 0 N–H and O–H groups in total. The Balaban J connectivity index is -0.000000720. The molecule has 15 heavy (non-hydrogen) atoms. The van der Waals surface area contributed by atoms with Crippen LogP contribution in [-0.2, 0) is 0 Å². The standard InChI is InChI=1S/C6H10N2O4S.2Na/c1-7(5(9)10)4(13-3)8(2)6(11)12;;/h1-3H3,(H-,9,10,11,12);;/q;2*+1/p-1. The third-order valence-electron chi connectivity index (χ3n) is 1.30. The van der Waals surface area contributed by atoms with E-state index in [0.29, 0.717) is 9.48 Å². The van der Waals surface area contributed by atoms with Crippen LogP contribution in [0.15, 0.2) is 0 Å². The van der Waals surface area contributed by atoms with E-state index < -0.39 is 12.2 Å². The monoisotopic (exact) mass is 251 g/mol. The van der Waals surface area contributed by atoms with Crippen molar-refractivity contribution < 1.29 is 83.5 Å². The van der Waals surface area contributed by atoms with Crippen LogP contribution in [0.1, 0.15) is 0 Å². The van der Waals surface area contributed by atoms with Crippen LogP contribution in [0, 0.1) is 0 Å². The van der Waals surface area contributed by atoms with Gasteiger partial charge in [-0.05, 0) is 18.0 Å². The topological polar surface area (TPSA) is 86.5 Å². The summed E-state index contributed by atoms with van der Waals surface area (Å²) in [5.74, 6) is 0. The van der Waals surface area contributed by atoms with Gasteiger partial charge in [-0.15, -0.1) is 0 Å². The predicted octanol–water partition coefficient (Wildman–Crippen LogP) is -8.03. The molecule has 0 fully saturated rings. The van der Waals surface area contributed by atoms with E-state index in [2.05, 4.69) is 0 Å². The first-order chi connectivity index (χ1) is 5.91. The van der Waals surface area contributed by atoms with Crippen molar-refractivity contribution in [2.45, 2.75) is 0 Å². The zero-order valence-corrected chi connectivity index (χ0v) is 14.3. The molecule has 0 bridgehead atoms. The first-order valence-corrected chi connectivity index (χ1v) is 4.44. The van der Waals surface area contributed by atoms with Gasteiger partial charge in [0.05, 0.1) is 14.1 Å². The minimum absolute atomic E-state index is 0. The molecule has 0 radical (unpaired) electrons. The molecule has 9 heteroatoms. The SMILES string of the molecule is CSC(N(C)C(=O)[O-])=[N+](C)C(=O)[O-].[Na+].[Na+]. The van der Waals surface area contributed by atoms with Crippen LogP contribution in [0.3, 0.4) is 0 Å². The number of nitrogens with zero attached hydrogens (tertiary/aromatic N) is 2. The second-order valence-electron chi connectivity index (χ2n) is 2.14. The zero-order chi connectivity index (χ0) is 10.6. The quantitative estimate of drug-likeness (QED) is 0.185. The van der Waals surface area contributed by atoms with Crippen molar-refractivity contribution in [3.63, 3.8) is 0 Å². The average Bonchev–Trinajstić information content (AvgIpc) is 2.04. The van der Waals surface area contributed by atoms with Crippen LogP contribution in [-0.4, -0.2) is 47.2 Å². The molecule has 0 unspecified atom stereocenters. The first-order valence-electron chi connectivity index (χ1n) is 3.22. The van der Waals surface area contributed by atoms with Crippen molar-refractivity contribution in [3.8, 4) is 0 Å². The van der Waals surface area contributed by atoms with Crippen molar-refractivity contribution >= 4 is 29.1 Å². The van der Waals surface area contributed by atoms with Gasteiger partial charge in [-0.25, -0.2) is 9.48 Å². The van der Waals surface area contributed by atoms with Crippen LogP contribution in [0.25, 0.3) is 0 Å². The maximum absolute atomic E-state index is 10.4. The van der Waals surface area contributed by atoms with Gasteiger partial charge in [0, 0.05) is 0 Å². The number of carboxylic acid groups (broad SMARTS) is 2. The molecule has 0 aliphatic heterocycles. The molecular formula is C6H9N2Na2O4S+. The summed E-state index contributed by atoms with van der Waals surface area (Å²) < 4.78 is 0.695. The Morgan fingerprint density at radius 3 is 1.87 bits per heavy atom. The molecule has 0 aromatic heterocycles. The Kier molecular flexibility index (Phi) is 14.0. The summed E-state index contributed by atoms with van der Waals surface area (Å²) in [6.45, 7) is 0. The summed E-state index contributed by atoms with van der Waals surface area (Å²) in [4.78, 5) is 21.4. The van der Waals surface area contributed by atoms with Gasteiger partial charge in [-0.3, -0.25) is 0 Å². The van der Waals surface area contributed by atoms with Crippen LogP contribution >= 0.6 is 11.8 Å². The Bertz CT molecular complexity index is 272. The zero-order valence-electron chi connectivity index (χ0n) is 9.44. The van der Waals surface area contributed by atoms with Gasteiger partial charge >= 0.3 is 64.3 Å². The van der Waals surface area contributed by atoms with Crippen LogP contribution in [0.5, 0.6) is 0 Å². The maximum Gasteiger partial charge on any atom is 1.00 e. The molecule has 0 saturated carbocycles. The van der Waals surface area contributed by atoms with Crippen LogP contribution < -0.4 is 69.3 Å². The van der Waals surface area contributed by atoms with Crippen LogP contribution in [0.2, 0.25) is 0 Å². The molecule has 6 nitrogen and oxygen atoms in total. The van der Waals surface area contributed by atoms with E-state index in [1.165, 1.54) is 14.1 Å². The normalized spacial score (nSPS) is 10.3. The van der Waals surface area contributed by atoms with Gasteiger partial charge in [0.1, 0.15) is 0 Å². The third kappa shape index (κ3) is 6.83. The van der Waals surface area contributed by atoms with Gasteiger partial charge in [0.15, 0.2) is 0 Å². The smallest absolute Gasteiger partial charge is 0.511 e. The van der Waals surface area contributed by atoms with Crippen molar-refractivity contribution in [1.82, 2.24) is 4.90 Å². The van der Waals surface area contributed by atoms with Gasteiger partial charge in [0.2, 0.25) is 12.2 Å². The molecule has 0 heterocycles. The van der Waals surface area contributed by atoms with Crippen molar-refractivity contribution in [3.05, 3.63) is 0 Å². The van der Waals surface area contributed by atoms with E-state index in [1.807, 2.05) is 0 Å². The van der Waals surface area contributed by atoms with E-state index >= 15 is 0 Å². The van der Waals surface area contributed by atoms with E-state index in [-0.39, 0.29) is 64.3 Å². The Labute approximate surface area is 136 Å². The van der Waals surface area contributed by atoms with Gasteiger partial charge < -0.3 is 19.8 Å². The van der Waals surface area contributed by atoms with Crippen molar-refractivity contribution in [2.24, 2.45) is 0 Å². The number of carbonyl (C=O) groups excluding carboxylic acids is 2. The second kappa shape index (κ2) is 9.95. The summed E-state index contributed by atoms with van der Waals surface area (Å²) >= 11 is 0.970. The minimum Gasteiger partial charge on any atom is -0.511 e. The maximum atomic E-state index is 10.4. The fourth-order valence-electron chi connectivity index (χ4n) is 0.655. The summed E-state index contributed by atoms with van der Waals surface area (Å²) in [7, 11) is 2.39. The van der Waals surface area contributed by atoms with Crippen molar-refractivity contribution in [2.75, 3.05) is 20.4 Å². The molecule has 0 aromatic carbocycles. The van der Waals surface area contributed by atoms with Crippen molar-refractivity contribution in [1.29, 1.82) is 0 Å². The molecule has 0 aromatic rings. The van der Waals surface area contributed by atoms with Gasteiger partial charge in [0.25, 0.3) is 0 Å². The molecular weight excluding hydrogens is 242 g/mol. The Hall–Kier alpha value is 0.760. The fraction of sp³-hybridized carbons (Fsp3) is 0.500. The van der Waals surface area contributed by atoms with Gasteiger partial charge in [-0.2, -0.15) is 0 Å². The minimum atomic E-state index is -1.47. The molecule has 0 aliphatic carbocycles. The summed E-state index contributed by atoms with van der Waals surface area (Å²) in [6, 6.07) is 0. The number of amides is 2. The number of hydrogen-bond donors (Lipinski definition) is 0. The van der Waals surface area contributed by atoms with Crippen LogP contribution in [0.4, 0.5) is 9.59 Å². The third-order valence-corrected chi connectivity index (χ3v) is 2.22. The molecule has 0 aliphatic rings. The summed E-state index contributed by atoms with van der Waals surface area (Å²) in [6.07, 6.45) is -1.40. The van der Waals surface area contributed by atoms with E-state index in [1.54, 1.807) is 6.26 Å². The fourth-order valence-corrected chi connectivity index (χ4v) is 1.35. The average molecular weight is 251 g/mol. The largest absolute Gasteiger partial charge is 1.00 e. The van der Waals surface area contributed by atoms with E-state index in [9.17, 15) is 19.8 Å².